The number of anilines is 1. The van der Waals surface area contributed by atoms with Crippen molar-refractivity contribution in [3.05, 3.63) is 48.7 Å². The summed E-state index contributed by atoms with van der Waals surface area (Å²) in [5.41, 5.74) is 7.84. The number of nitrogens with zero attached hydrogens (tertiary/aromatic N) is 4. The van der Waals surface area contributed by atoms with Crippen LogP contribution in [0, 0.1) is 5.92 Å². The number of pyridine rings is 1. The fourth-order valence-corrected chi connectivity index (χ4v) is 4.04. The van der Waals surface area contributed by atoms with E-state index in [1.807, 2.05) is 29.0 Å². The molecule has 0 unspecified atom stereocenters. The zero-order valence-electron chi connectivity index (χ0n) is 14.4. The van der Waals surface area contributed by atoms with E-state index in [1.54, 1.807) is 12.4 Å². The molecule has 0 aromatic carbocycles. The summed E-state index contributed by atoms with van der Waals surface area (Å²) in [6.07, 6.45) is 8.85. The third-order valence-corrected chi connectivity index (χ3v) is 5.46. The molecule has 4 N–H and O–H groups in total. The summed E-state index contributed by atoms with van der Waals surface area (Å²) in [6, 6.07) is 5.68. The van der Waals surface area contributed by atoms with Crippen LogP contribution in [0.4, 0.5) is 5.82 Å². The number of aryl methyl sites for hydroxylation is 1. The Labute approximate surface area is 151 Å². The van der Waals surface area contributed by atoms with Crippen molar-refractivity contribution in [2.24, 2.45) is 5.92 Å². The van der Waals surface area contributed by atoms with Gasteiger partial charge in [0.15, 0.2) is 0 Å². The first-order valence-corrected chi connectivity index (χ1v) is 8.97. The van der Waals surface area contributed by atoms with Crippen LogP contribution in [-0.2, 0) is 6.42 Å². The Kier molecular flexibility index (Phi) is 4.57. The Morgan fingerprint density at radius 1 is 1.12 bits per heavy atom. The Hall–Kier alpha value is -2.51. The van der Waals surface area contributed by atoms with Crippen LogP contribution in [0.5, 0.6) is 0 Å². The number of aliphatic hydroxyl groups is 2. The molecule has 1 aliphatic carbocycles. The normalized spacial score (nSPS) is 25.8. The van der Waals surface area contributed by atoms with Gasteiger partial charge >= 0.3 is 0 Å². The highest BCUT2D eigenvalue weighted by Gasteiger charge is 2.42. The molecule has 0 aliphatic heterocycles. The van der Waals surface area contributed by atoms with Gasteiger partial charge < -0.3 is 20.5 Å². The molecule has 4 atom stereocenters. The van der Waals surface area contributed by atoms with Crippen LogP contribution >= 0.6 is 0 Å². The molecule has 1 saturated carbocycles. The lowest BCUT2D eigenvalue weighted by atomic mass is 9.96. The molecule has 3 heterocycles. The van der Waals surface area contributed by atoms with Gasteiger partial charge in [0.1, 0.15) is 23.9 Å². The standard InChI is InChI=1S/C19H23N5O2/c20-18-14-6-9-24(19(14)23-11-22-18)15-10-13(16(25)17(15)26)3-1-2-12-4-7-21-8-5-12/h4-9,11,13,15-17,25-26H,1-3,10H2,(H2,20,22,23)/t13-,15+,16+,17-/m0/s1. The van der Waals surface area contributed by atoms with Gasteiger partial charge in [0.05, 0.1) is 17.5 Å². The molecular weight excluding hydrogens is 330 g/mol. The lowest BCUT2D eigenvalue weighted by Crippen LogP contribution is -2.29. The van der Waals surface area contributed by atoms with Gasteiger partial charge in [-0.15, -0.1) is 0 Å². The Balaban J connectivity index is 1.46. The van der Waals surface area contributed by atoms with E-state index in [0.29, 0.717) is 17.9 Å². The van der Waals surface area contributed by atoms with Crippen LogP contribution in [0.15, 0.2) is 43.1 Å². The SMILES string of the molecule is Nc1ncnc2c1ccn2[C@@H]1C[C@H](CCCc2ccncc2)[C@@H](O)[C@H]1O. The predicted octanol–water partition coefficient (Wildman–Crippen LogP) is 1.71. The van der Waals surface area contributed by atoms with E-state index < -0.39 is 12.2 Å². The molecule has 7 heteroatoms. The molecule has 136 valence electrons. The zero-order valence-corrected chi connectivity index (χ0v) is 14.4. The van der Waals surface area contributed by atoms with Gasteiger partial charge in [-0.05, 0) is 55.4 Å². The van der Waals surface area contributed by atoms with Crippen LogP contribution in [0.25, 0.3) is 11.0 Å². The minimum absolute atomic E-state index is 0.0634. The number of nitrogens with two attached hydrogens (primary N) is 1. The largest absolute Gasteiger partial charge is 0.390 e. The first-order chi connectivity index (χ1) is 12.6. The van der Waals surface area contributed by atoms with E-state index in [-0.39, 0.29) is 12.0 Å². The molecule has 7 nitrogen and oxygen atoms in total. The molecule has 4 rings (SSSR count). The van der Waals surface area contributed by atoms with Crippen molar-refractivity contribution in [2.75, 3.05) is 5.73 Å². The molecular formula is C19H23N5O2. The third-order valence-electron chi connectivity index (χ3n) is 5.46. The number of nitrogen functional groups attached to an aromatic ring is 1. The van der Waals surface area contributed by atoms with Gasteiger partial charge in [-0.2, -0.15) is 0 Å². The molecule has 3 aromatic rings. The molecule has 0 radical (unpaired) electrons. The molecule has 0 bridgehead atoms. The van der Waals surface area contributed by atoms with Crippen molar-refractivity contribution < 1.29 is 10.2 Å². The molecule has 0 saturated heterocycles. The van der Waals surface area contributed by atoms with Crippen LogP contribution in [-0.4, -0.2) is 41.9 Å². The van der Waals surface area contributed by atoms with Crippen molar-refractivity contribution in [3.8, 4) is 0 Å². The van der Waals surface area contributed by atoms with Gasteiger partial charge in [0.25, 0.3) is 0 Å². The fourth-order valence-electron chi connectivity index (χ4n) is 4.04. The summed E-state index contributed by atoms with van der Waals surface area (Å²) >= 11 is 0. The van der Waals surface area contributed by atoms with E-state index in [2.05, 4.69) is 15.0 Å². The summed E-state index contributed by atoms with van der Waals surface area (Å²) in [7, 11) is 0. The van der Waals surface area contributed by atoms with Gasteiger partial charge in [-0.1, -0.05) is 0 Å². The van der Waals surface area contributed by atoms with Crippen molar-refractivity contribution in [2.45, 2.75) is 43.9 Å². The van der Waals surface area contributed by atoms with Crippen molar-refractivity contribution in [1.82, 2.24) is 19.5 Å². The topological polar surface area (TPSA) is 110 Å². The molecule has 3 aromatic heterocycles. The van der Waals surface area contributed by atoms with E-state index in [1.165, 1.54) is 11.9 Å². The zero-order chi connectivity index (χ0) is 18.1. The number of fused-ring (bicyclic) bond motifs is 1. The summed E-state index contributed by atoms with van der Waals surface area (Å²) in [6.45, 7) is 0. The van der Waals surface area contributed by atoms with Crippen molar-refractivity contribution in [3.63, 3.8) is 0 Å². The highest BCUT2D eigenvalue weighted by atomic mass is 16.3. The molecule has 0 amide bonds. The summed E-state index contributed by atoms with van der Waals surface area (Å²) < 4.78 is 1.92. The third kappa shape index (κ3) is 3.04. The molecule has 26 heavy (non-hydrogen) atoms. The maximum Gasteiger partial charge on any atom is 0.145 e. The second kappa shape index (κ2) is 7.01. The van der Waals surface area contributed by atoms with Crippen LogP contribution in [0.2, 0.25) is 0 Å². The van der Waals surface area contributed by atoms with Crippen molar-refractivity contribution >= 4 is 16.9 Å². The first-order valence-electron chi connectivity index (χ1n) is 8.97. The molecule has 1 fully saturated rings. The lowest BCUT2D eigenvalue weighted by molar-refractivity contribution is 0.00511. The molecule has 0 spiro atoms. The Bertz CT molecular complexity index is 882. The average molecular weight is 353 g/mol. The highest BCUT2D eigenvalue weighted by Crippen LogP contribution is 2.39. The summed E-state index contributed by atoms with van der Waals surface area (Å²) in [5.74, 6) is 0.490. The Morgan fingerprint density at radius 2 is 1.92 bits per heavy atom. The van der Waals surface area contributed by atoms with E-state index in [4.69, 9.17) is 5.73 Å². The number of aliphatic hydroxyl groups excluding tert-OH is 2. The van der Waals surface area contributed by atoms with E-state index in [9.17, 15) is 10.2 Å². The smallest absolute Gasteiger partial charge is 0.145 e. The Morgan fingerprint density at radius 3 is 2.73 bits per heavy atom. The first kappa shape index (κ1) is 16.9. The summed E-state index contributed by atoms with van der Waals surface area (Å²) in [4.78, 5) is 12.3. The second-order valence-corrected chi connectivity index (χ2v) is 7.01. The second-order valence-electron chi connectivity index (χ2n) is 7.01. The van der Waals surface area contributed by atoms with Gasteiger partial charge in [0, 0.05) is 18.6 Å². The van der Waals surface area contributed by atoms with E-state index >= 15 is 0 Å². The quantitative estimate of drug-likeness (QED) is 0.644. The minimum Gasteiger partial charge on any atom is -0.390 e. The van der Waals surface area contributed by atoms with Crippen LogP contribution in [0.3, 0.4) is 0 Å². The number of rotatable bonds is 5. The van der Waals surface area contributed by atoms with Crippen LogP contribution in [0.1, 0.15) is 30.9 Å². The number of aromatic nitrogens is 4. The van der Waals surface area contributed by atoms with Crippen molar-refractivity contribution in [1.29, 1.82) is 0 Å². The minimum atomic E-state index is -0.812. The predicted molar refractivity (Wildman–Crippen MR) is 98.3 cm³/mol. The van der Waals surface area contributed by atoms with E-state index in [0.717, 1.165) is 24.6 Å². The number of hydrogen-bond acceptors (Lipinski definition) is 6. The molecule has 1 aliphatic rings. The number of hydrogen-bond donors (Lipinski definition) is 3. The maximum absolute atomic E-state index is 10.6. The van der Waals surface area contributed by atoms with Gasteiger partial charge in [0.2, 0.25) is 0 Å². The van der Waals surface area contributed by atoms with Gasteiger partial charge in [-0.3, -0.25) is 4.98 Å². The monoisotopic (exact) mass is 353 g/mol. The van der Waals surface area contributed by atoms with Crippen LogP contribution < -0.4 is 5.73 Å². The summed E-state index contributed by atoms with van der Waals surface area (Å²) in [5, 5.41) is 21.9. The highest BCUT2D eigenvalue weighted by molar-refractivity contribution is 5.86. The van der Waals surface area contributed by atoms with Gasteiger partial charge in [-0.25, -0.2) is 9.97 Å². The fraction of sp³-hybridized carbons (Fsp3) is 0.421. The average Bonchev–Trinajstić information content (AvgIpc) is 3.20. The maximum atomic E-state index is 10.6. The lowest BCUT2D eigenvalue weighted by Gasteiger charge is -2.19.